The van der Waals surface area contributed by atoms with Crippen LogP contribution in [0, 0.1) is 6.92 Å². The maximum Gasteiger partial charge on any atom is 0.246 e. The van der Waals surface area contributed by atoms with Crippen molar-refractivity contribution in [2.75, 3.05) is 13.2 Å². The van der Waals surface area contributed by atoms with Gasteiger partial charge in [0.2, 0.25) is 5.91 Å². The molecule has 0 unspecified atom stereocenters. The number of aromatic nitrogens is 1. The number of aryl methyl sites for hydroxylation is 1. The zero-order valence-corrected chi connectivity index (χ0v) is 7.99. The molecule has 1 atom stereocenters. The Hall–Kier alpha value is -1.42. The van der Waals surface area contributed by atoms with E-state index < -0.39 is 0 Å². The predicted molar refractivity (Wildman–Crippen MR) is 50.7 cm³/mol. The van der Waals surface area contributed by atoms with Crippen LogP contribution in [-0.4, -0.2) is 24.1 Å². The Bertz CT molecular complexity index is 352. The van der Waals surface area contributed by atoms with Gasteiger partial charge in [-0.15, -0.1) is 0 Å². The van der Waals surface area contributed by atoms with Crippen LogP contribution in [0.2, 0.25) is 0 Å². The number of nitrogens with one attached hydrogen (secondary N) is 1. The van der Waals surface area contributed by atoms with Gasteiger partial charge in [-0.1, -0.05) is 6.07 Å². The summed E-state index contributed by atoms with van der Waals surface area (Å²) in [5.41, 5.74) is 1.96. The molecule has 0 spiro atoms. The monoisotopic (exact) mass is 192 g/mol. The first kappa shape index (κ1) is 9.15. The van der Waals surface area contributed by atoms with E-state index >= 15 is 0 Å². The minimum Gasteiger partial charge on any atom is -0.369 e. The van der Waals surface area contributed by atoms with Crippen molar-refractivity contribution in [2.45, 2.75) is 13.0 Å². The average Bonchev–Trinajstić information content (AvgIpc) is 2.18. The number of morpholine rings is 1. The number of carbonyl (C=O) groups excluding carboxylic acids is 1. The number of hydrogen-bond donors (Lipinski definition) is 1. The quantitative estimate of drug-likeness (QED) is 0.708. The van der Waals surface area contributed by atoms with Gasteiger partial charge < -0.3 is 10.1 Å². The van der Waals surface area contributed by atoms with Crippen molar-refractivity contribution in [3.63, 3.8) is 0 Å². The molecule has 1 aliphatic heterocycles. The molecule has 14 heavy (non-hydrogen) atoms. The molecule has 1 aliphatic rings. The van der Waals surface area contributed by atoms with Gasteiger partial charge in [0.15, 0.2) is 0 Å². The molecule has 2 heterocycles. The highest BCUT2D eigenvalue weighted by Crippen LogP contribution is 2.16. The minimum atomic E-state index is -0.0996. The number of rotatable bonds is 1. The van der Waals surface area contributed by atoms with Gasteiger partial charge in [-0.05, 0) is 18.6 Å². The lowest BCUT2D eigenvalue weighted by molar-refractivity contribution is -0.131. The summed E-state index contributed by atoms with van der Waals surface area (Å²) in [5, 5.41) is 2.85. The van der Waals surface area contributed by atoms with Crippen LogP contribution in [0.1, 0.15) is 17.3 Å². The zero-order valence-electron chi connectivity index (χ0n) is 7.99. The molecule has 2 rings (SSSR count). The number of carbonyl (C=O) groups is 1. The molecular formula is C10H12N2O2. The third-order valence-electron chi connectivity index (χ3n) is 2.23. The van der Waals surface area contributed by atoms with E-state index in [1.54, 1.807) is 6.20 Å². The molecule has 1 aromatic rings. The number of pyridine rings is 1. The topological polar surface area (TPSA) is 51.2 Å². The van der Waals surface area contributed by atoms with Crippen molar-refractivity contribution in [1.82, 2.24) is 10.3 Å². The second kappa shape index (κ2) is 3.75. The highest BCUT2D eigenvalue weighted by Gasteiger charge is 2.22. The molecular weight excluding hydrogens is 180 g/mol. The highest BCUT2D eigenvalue weighted by molar-refractivity contribution is 5.78. The summed E-state index contributed by atoms with van der Waals surface area (Å²) >= 11 is 0. The van der Waals surface area contributed by atoms with Crippen LogP contribution in [0.5, 0.6) is 0 Å². The van der Waals surface area contributed by atoms with E-state index in [0.717, 1.165) is 11.3 Å². The van der Waals surface area contributed by atoms with E-state index in [2.05, 4.69) is 10.3 Å². The summed E-state index contributed by atoms with van der Waals surface area (Å²) in [6.45, 7) is 2.63. The number of hydrogen-bond acceptors (Lipinski definition) is 3. The smallest absolute Gasteiger partial charge is 0.246 e. The molecule has 4 heteroatoms. The maximum atomic E-state index is 11.1. The summed E-state index contributed by atoms with van der Waals surface area (Å²) in [6.07, 6.45) is 1.73. The Morgan fingerprint density at radius 2 is 2.50 bits per heavy atom. The fraction of sp³-hybridized carbons (Fsp3) is 0.400. The van der Waals surface area contributed by atoms with E-state index in [1.165, 1.54) is 0 Å². The van der Waals surface area contributed by atoms with Crippen LogP contribution in [0.15, 0.2) is 18.3 Å². The molecule has 74 valence electrons. The van der Waals surface area contributed by atoms with Gasteiger partial charge in [-0.3, -0.25) is 9.78 Å². The average molecular weight is 192 g/mol. The Morgan fingerprint density at radius 3 is 3.21 bits per heavy atom. The first-order chi connectivity index (χ1) is 6.77. The van der Waals surface area contributed by atoms with Gasteiger partial charge in [-0.2, -0.15) is 0 Å². The van der Waals surface area contributed by atoms with Crippen LogP contribution < -0.4 is 5.32 Å². The van der Waals surface area contributed by atoms with Crippen molar-refractivity contribution in [3.05, 3.63) is 29.6 Å². The highest BCUT2D eigenvalue weighted by atomic mass is 16.5. The summed E-state index contributed by atoms with van der Waals surface area (Å²) in [6, 6.07) is 3.76. The van der Waals surface area contributed by atoms with E-state index in [1.807, 2.05) is 19.1 Å². The largest absolute Gasteiger partial charge is 0.369 e. The van der Waals surface area contributed by atoms with Crippen molar-refractivity contribution < 1.29 is 9.53 Å². The third-order valence-corrected chi connectivity index (χ3v) is 2.23. The third kappa shape index (κ3) is 1.75. The fourth-order valence-corrected chi connectivity index (χ4v) is 1.56. The van der Waals surface area contributed by atoms with Gasteiger partial charge in [-0.25, -0.2) is 0 Å². The zero-order chi connectivity index (χ0) is 9.97. The summed E-state index contributed by atoms with van der Waals surface area (Å²) in [5.74, 6) is -0.0775. The van der Waals surface area contributed by atoms with Crippen molar-refractivity contribution >= 4 is 5.91 Å². The molecule has 1 saturated heterocycles. The first-order valence-electron chi connectivity index (χ1n) is 4.56. The molecule has 0 bridgehead atoms. The van der Waals surface area contributed by atoms with E-state index in [9.17, 15) is 4.79 Å². The molecule has 1 aromatic heterocycles. The van der Waals surface area contributed by atoms with Crippen LogP contribution in [-0.2, 0) is 9.53 Å². The lowest BCUT2D eigenvalue weighted by atomic mass is 10.1. The van der Waals surface area contributed by atoms with Crippen molar-refractivity contribution in [3.8, 4) is 0 Å². The van der Waals surface area contributed by atoms with Gasteiger partial charge in [0.25, 0.3) is 0 Å². The second-order valence-corrected chi connectivity index (χ2v) is 3.34. The lowest BCUT2D eigenvalue weighted by Crippen LogP contribution is -2.40. The molecule has 0 radical (unpaired) electrons. The Labute approximate surface area is 82.3 Å². The lowest BCUT2D eigenvalue weighted by Gasteiger charge is -2.23. The number of amides is 1. The van der Waals surface area contributed by atoms with Crippen LogP contribution in [0.3, 0.4) is 0 Å². The van der Waals surface area contributed by atoms with E-state index in [0.29, 0.717) is 6.61 Å². The Morgan fingerprint density at radius 1 is 1.64 bits per heavy atom. The second-order valence-electron chi connectivity index (χ2n) is 3.34. The standard InChI is InChI=1S/C10H12N2O2/c1-7-3-2-4-11-10(7)8-5-14-6-9(13)12-8/h2-4,8H,5-6H2,1H3,(H,12,13)/t8-/m1/s1. The van der Waals surface area contributed by atoms with Crippen molar-refractivity contribution in [1.29, 1.82) is 0 Å². The van der Waals surface area contributed by atoms with E-state index in [4.69, 9.17) is 4.74 Å². The molecule has 0 aromatic carbocycles. The molecule has 0 saturated carbocycles. The SMILES string of the molecule is Cc1cccnc1[C@H]1COCC(=O)N1. The Balaban J connectivity index is 2.22. The van der Waals surface area contributed by atoms with Gasteiger partial charge >= 0.3 is 0 Å². The fourth-order valence-electron chi connectivity index (χ4n) is 1.56. The van der Waals surface area contributed by atoms with Crippen LogP contribution in [0.4, 0.5) is 0 Å². The summed E-state index contributed by atoms with van der Waals surface area (Å²) in [4.78, 5) is 15.3. The van der Waals surface area contributed by atoms with Gasteiger partial charge in [0.1, 0.15) is 6.61 Å². The Kier molecular flexibility index (Phi) is 2.45. The molecule has 1 fully saturated rings. The number of ether oxygens (including phenoxy) is 1. The van der Waals surface area contributed by atoms with Gasteiger partial charge in [0.05, 0.1) is 18.3 Å². The first-order valence-corrected chi connectivity index (χ1v) is 4.56. The normalized spacial score (nSPS) is 21.8. The molecule has 1 amide bonds. The maximum absolute atomic E-state index is 11.1. The van der Waals surface area contributed by atoms with Gasteiger partial charge in [0, 0.05) is 6.20 Å². The summed E-state index contributed by atoms with van der Waals surface area (Å²) in [7, 11) is 0. The predicted octanol–water partition coefficient (Wildman–Crippen LogP) is 0.578. The minimum absolute atomic E-state index is 0.0775. The van der Waals surface area contributed by atoms with Crippen molar-refractivity contribution in [2.24, 2.45) is 0 Å². The molecule has 4 nitrogen and oxygen atoms in total. The van der Waals surface area contributed by atoms with Crippen LogP contribution >= 0.6 is 0 Å². The molecule has 0 aliphatic carbocycles. The molecule has 1 N–H and O–H groups in total. The van der Waals surface area contributed by atoms with E-state index in [-0.39, 0.29) is 18.6 Å². The van der Waals surface area contributed by atoms with Crippen LogP contribution in [0.25, 0.3) is 0 Å². The summed E-state index contributed by atoms with van der Waals surface area (Å²) < 4.78 is 5.15. The number of nitrogens with zero attached hydrogens (tertiary/aromatic N) is 1.